The Kier molecular flexibility index (Phi) is 5.47. The van der Waals surface area contributed by atoms with Crippen molar-refractivity contribution in [2.75, 3.05) is 7.11 Å². The molecule has 1 aliphatic rings. The average molecular weight is 274 g/mol. The van der Waals surface area contributed by atoms with Crippen molar-refractivity contribution in [2.24, 2.45) is 0 Å². The quantitative estimate of drug-likeness (QED) is 0.884. The summed E-state index contributed by atoms with van der Waals surface area (Å²) in [5, 5.41) is 5.65. The van der Waals surface area contributed by atoms with E-state index in [1.165, 1.54) is 24.8 Å². The third-order valence-electron chi connectivity index (χ3n) is 3.49. The number of allylic oxidation sites excluding steroid dienone is 1. The highest BCUT2D eigenvalue weighted by Crippen LogP contribution is 2.21. The number of methoxy groups -OCH3 is 1. The molecule has 2 N–H and O–H groups in total. The van der Waals surface area contributed by atoms with Crippen LogP contribution in [0.1, 0.15) is 37.7 Å². The van der Waals surface area contributed by atoms with Gasteiger partial charge in [0.05, 0.1) is 7.11 Å². The van der Waals surface area contributed by atoms with E-state index >= 15 is 0 Å². The normalized spacial score (nSPS) is 14.6. The summed E-state index contributed by atoms with van der Waals surface area (Å²) in [4.78, 5) is 11.7. The van der Waals surface area contributed by atoms with E-state index in [1.54, 1.807) is 7.11 Å². The molecule has 0 spiro atoms. The van der Waals surface area contributed by atoms with Crippen molar-refractivity contribution in [1.29, 1.82) is 0 Å². The van der Waals surface area contributed by atoms with E-state index in [1.807, 2.05) is 30.5 Å². The highest BCUT2D eigenvalue weighted by atomic mass is 16.5. The van der Waals surface area contributed by atoms with Crippen LogP contribution in [0, 0.1) is 0 Å². The van der Waals surface area contributed by atoms with E-state index in [9.17, 15) is 4.79 Å². The van der Waals surface area contributed by atoms with Gasteiger partial charge in [0.25, 0.3) is 0 Å². The molecule has 4 nitrogen and oxygen atoms in total. The summed E-state index contributed by atoms with van der Waals surface area (Å²) in [6.45, 7) is 0.492. The van der Waals surface area contributed by atoms with Crippen molar-refractivity contribution < 1.29 is 9.53 Å². The predicted molar refractivity (Wildman–Crippen MR) is 79.5 cm³/mol. The molecule has 1 aliphatic carbocycles. The van der Waals surface area contributed by atoms with Crippen molar-refractivity contribution >= 4 is 6.03 Å². The van der Waals surface area contributed by atoms with Gasteiger partial charge in [-0.05, 0) is 43.4 Å². The fraction of sp³-hybridized carbons (Fsp3) is 0.438. The number of ether oxygens (including phenoxy) is 1. The summed E-state index contributed by atoms with van der Waals surface area (Å²) in [5.74, 6) is 0.800. The van der Waals surface area contributed by atoms with Crippen LogP contribution in [-0.2, 0) is 6.54 Å². The summed E-state index contributed by atoms with van der Waals surface area (Å²) in [6, 6.07) is 7.52. The standard InChI is InChI=1S/C16H22N2O2/c1-20-15-9-5-8-14(10-15)12-18-16(19)17-11-13-6-3-2-4-7-13/h5,8-11H,2-4,6-7,12H2,1H3,(H2,17,18,19). The van der Waals surface area contributed by atoms with Crippen molar-refractivity contribution in [1.82, 2.24) is 10.6 Å². The largest absolute Gasteiger partial charge is 0.497 e. The number of hydrogen-bond donors (Lipinski definition) is 2. The zero-order valence-corrected chi connectivity index (χ0v) is 11.9. The van der Waals surface area contributed by atoms with Gasteiger partial charge >= 0.3 is 6.03 Å². The van der Waals surface area contributed by atoms with E-state index in [4.69, 9.17) is 4.74 Å². The highest BCUT2D eigenvalue weighted by molar-refractivity contribution is 5.75. The van der Waals surface area contributed by atoms with Gasteiger partial charge in [-0.3, -0.25) is 0 Å². The first kappa shape index (κ1) is 14.4. The Morgan fingerprint density at radius 1 is 1.30 bits per heavy atom. The van der Waals surface area contributed by atoms with Crippen LogP contribution in [0.4, 0.5) is 4.79 Å². The number of carbonyl (C=O) groups excluding carboxylic acids is 1. The molecule has 0 heterocycles. The van der Waals surface area contributed by atoms with Gasteiger partial charge in [0.15, 0.2) is 0 Å². The number of nitrogens with one attached hydrogen (secondary N) is 2. The van der Waals surface area contributed by atoms with Gasteiger partial charge in [0.1, 0.15) is 5.75 Å². The van der Waals surface area contributed by atoms with E-state index in [-0.39, 0.29) is 6.03 Å². The van der Waals surface area contributed by atoms with Crippen molar-refractivity contribution in [2.45, 2.75) is 38.6 Å². The third kappa shape index (κ3) is 4.61. The molecule has 1 aromatic carbocycles. The fourth-order valence-electron chi connectivity index (χ4n) is 2.33. The van der Waals surface area contributed by atoms with Gasteiger partial charge in [0.2, 0.25) is 0 Å². The number of rotatable bonds is 4. The zero-order valence-electron chi connectivity index (χ0n) is 11.9. The second-order valence-electron chi connectivity index (χ2n) is 5.04. The SMILES string of the molecule is COc1cccc(CNC(=O)NC=C2CCCCC2)c1. The molecule has 0 aliphatic heterocycles. The van der Waals surface area contributed by atoms with Gasteiger partial charge < -0.3 is 15.4 Å². The molecule has 108 valence electrons. The van der Waals surface area contributed by atoms with Crippen molar-refractivity contribution in [3.05, 3.63) is 41.6 Å². The fourth-order valence-corrected chi connectivity index (χ4v) is 2.33. The second-order valence-corrected chi connectivity index (χ2v) is 5.04. The minimum absolute atomic E-state index is 0.161. The molecular weight excluding hydrogens is 252 g/mol. The Balaban J connectivity index is 1.76. The number of hydrogen-bond acceptors (Lipinski definition) is 2. The number of urea groups is 1. The van der Waals surface area contributed by atoms with Gasteiger partial charge in [-0.15, -0.1) is 0 Å². The molecule has 0 bridgehead atoms. The van der Waals surface area contributed by atoms with E-state index in [0.717, 1.165) is 24.2 Å². The Bertz CT molecular complexity index is 475. The Labute approximate surface area is 120 Å². The first-order valence-electron chi connectivity index (χ1n) is 7.13. The lowest BCUT2D eigenvalue weighted by molar-refractivity contribution is 0.243. The number of carbonyl (C=O) groups is 1. The van der Waals surface area contributed by atoms with Crippen molar-refractivity contribution in [3.63, 3.8) is 0 Å². The van der Waals surface area contributed by atoms with Crippen LogP contribution >= 0.6 is 0 Å². The molecule has 1 aromatic rings. The maximum Gasteiger partial charge on any atom is 0.319 e. The minimum atomic E-state index is -0.161. The third-order valence-corrected chi connectivity index (χ3v) is 3.49. The summed E-state index contributed by atoms with van der Waals surface area (Å²) in [5.41, 5.74) is 2.36. The average Bonchev–Trinajstić information content (AvgIpc) is 2.52. The van der Waals surface area contributed by atoms with Crippen LogP contribution in [0.5, 0.6) is 5.75 Å². The second kappa shape index (κ2) is 7.58. The molecule has 20 heavy (non-hydrogen) atoms. The molecule has 2 rings (SSSR count). The first-order chi connectivity index (χ1) is 9.78. The van der Waals surface area contributed by atoms with Crippen LogP contribution in [0.15, 0.2) is 36.0 Å². The molecule has 0 radical (unpaired) electrons. The first-order valence-corrected chi connectivity index (χ1v) is 7.13. The van der Waals surface area contributed by atoms with Crippen LogP contribution in [0.25, 0.3) is 0 Å². The Hall–Kier alpha value is -1.97. The van der Waals surface area contributed by atoms with Gasteiger partial charge in [-0.2, -0.15) is 0 Å². The molecule has 0 saturated heterocycles. The Morgan fingerprint density at radius 2 is 2.10 bits per heavy atom. The summed E-state index contributed by atoms with van der Waals surface area (Å²) in [6.07, 6.45) is 7.85. The topological polar surface area (TPSA) is 50.4 Å². The van der Waals surface area contributed by atoms with Gasteiger partial charge in [-0.1, -0.05) is 24.1 Å². The lowest BCUT2D eigenvalue weighted by Gasteiger charge is -2.13. The van der Waals surface area contributed by atoms with E-state index < -0.39 is 0 Å². The molecular formula is C16H22N2O2. The van der Waals surface area contributed by atoms with Gasteiger partial charge in [0, 0.05) is 12.7 Å². The van der Waals surface area contributed by atoms with E-state index in [2.05, 4.69) is 10.6 Å². The lowest BCUT2D eigenvalue weighted by Crippen LogP contribution is -2.32. The van der Waals surface area contributed by atoms with Crippen molar-refractivity contribution in [3.8, 4) is 5.75 Å². The lowest BCUT2D eigenvalue weighted by atomic mass is 9.96. The molecule has 2 amide bonds. The molecule has 1 saturated carbocycles. The summed E-state index contributed by atoms with van der Waals surface area (Å²) >= 11 is 0. The molecule has 0 atom stereocenters. The maximum absolute atomic E-state index is 11.7. The monoisotopic (exact) mass is 274 g/mol. The van der Waals surface area contributed by atoms with Crippen LogP contribution in [0.3, 0.4) is 0 Å². The van der Waals surface area contributed by atoms with Gasteiger partial charge in [-0.25, -0.2) is 4.79 Å². The van der Waals surface area contributed by atoms with Crippen LogP contribution < -0.4 is 15.4 Å². The maximum atomic E-state index is 11.7. The Morgan fingerprint density at radius 3 is 2.85 bits per heavy atom. The van der Waals surface area contributed by atoms with E-state index in [0.29, 0.717) is 6.54 Å². The smallest absolute Gasteiger partial charge is 0.319 e. The van der Waals surface area contributed by atoms with Crippen LogP contribution in [-0.4, -0.2) is 13.1 Å². The minimum Gasteiger partial charge on any atom is -0.497 e. The molecule has 1 fully saturated rings. The van der Waals surface area contributed by atoms with Crippen LogP contribution in [0.2, 0.25) is 0 Å². The molecule has 0 aromatic heterocycles. The molecule has 4 heteroatoms. The summed E-state index contributed by atoms with van der Waals surface area (Å²) in [7, 11) is 1.63. The highest BCUT2D eigenvalue weighted by Gasteiger charge is 2.05. The predicted octanol–water partition coefficient (Wildman–Crippen LogP) is 3.34. The zero-order chi connectivity index (χ0) is 14.2. The number of benzene rings is 1. The number of amides is 2. The summed E-state index contributed by atoms with van der Waals surface area (Å²) < 4.78 is 5.15. The molecule has 0 unspecified atom stereocenters.